The molecule has 0 saturated heterocycles. The molecule has 1 atom stereocenters. The largest absolute Gasteiger partial charge is 0.247 e. The van der Waals surface area contributed by atoms with Gasteiger partial charge in [0.05, 0.1) is 7.12 Å². The van der Waals surface area contributed by atoms with E-state index in [0.717, 1.165) is 10.5 Å². The van der Waals surface area contributed by atoms with Crippen LogP contribution in [0.1, 0.15) is 6.93 Å². The molecule has 0 saturated carbocycles. The number of hydrogen-bond donors (Lipinski definition) is 0. The molecule has 0 nitrogen and oxygen atoms in total. The van der Waals surface area contributed by atoms with Crippen LogP contribution in [0.5, 0.6) is 0 Å². The summed E-state index contributed by atoms with van der Waals surface area (Å²) in [5, 5.41) is 0. The lowest BCUT2D eigenvalue weighted by molar-refractivity contribution is 0.176. The zero-order valence-corrected chi connectivity index (χ0v) is 8.20. The first-order valence-corrected chi connectivity index (χ1v) is 5.43. The maximum Gasteiger partial charge on any atom is 0.247 e. The highest BCUT2D eigenvalue weighted by Crippen LogP contribution is 2.26. The average Bonchev–Trinajstić information content (AvgIpc) is 2.08. The Hall–Kier alpha value is -0.700. The van der Waals surface area contributed by atoms with Crippen LogP contribution in [0.4, 0.5) is 8.78 Å². The van der Waals surface area contributed by atoms with Gasteiger partial charge in [-0.3, -0.25) is 0 Å². The molecule has 1 rings (SSSR count). The second kappa shape index (κ2) is 4.51. The fourth-order valence-corrected chi connectivity index (χ4v) is 1.90. The van der Waals surface area contributed by atoms with Crippen molar-refractivity contribution in [2.75, 3.05) is 5.75 Å². The number of alkyl halides is 2. The standard InChI is InChI=1S/C10H12F2S/c1-8-3-5-9(6-4-8)13(2)7-10(11)12/h3-6,10H,2,7H2,1H3/i3D. The van der Waals surface area contributed by atoms with Gasteiger partial charge < -0.3 is 0 Å². The molecule has 0 aliphatic rings. The van der Waals surface area contributed by atoms with E-state index >= 15 is 0 Å². The van der Waals surface area contributed by atoms with Crippen molar-refractivity contribution in [2.45, 2.75) is 18.2 Å². The number of hydrogen-bond acceptors (Lipinski definition) is 0. The Morgan fingerprint density at radius 3 is 2.77 bits per heavy atom. The van der Waals surface area contributed by atoms with E-state index in [1.807, 2.05) is 6.92 Å². The summed E-state index contributed by atoms with van der Waals surface area (Å²) in [4.78, 5) is 0.737. The molecular formula is C10H12F2S. The van der Waals surface area contributed by atoms with Crippen molar-refractivity contribution in [3.8, 4) is 0 Å². The summed E-state index contributed by atoms with van der Waals surface area (Å²) in [5.74, 6) is 3.46. The third-order valence-electron chi connectivity index (χ3n) is 1.60. The normalized spacial score (nSPS) is 14.3. The number of benzene rings is 1. The third-order valence-corrected chi connectivity index (χ3v) is 3.18. The molecular weight excluding hydrogens is 190 g/mol. The highest BCUT2D eigenvalue weighted by molar-refractivity contribution is 8.14. The van der Waals surface area contributed by atoms with Gasteiger partial charge in [0.15, 0.2) is 0 Å². The molecule has 0 bridgehead atoms. The zero-order chi connectivity index (χ0) is 10.7. The van der Waals surface area contributed by atoms with Crippen molar-refractivity contribution in [1.29, 1.82) is 0 Å². The third kappa shape index (κ3) is 3.27. The molecule has 1 aromatic carbocycles. The van der Waals surface area contributed by atoms with Gasteiger partial charge in [-0.1, -0.05) is 23.5 Å². The minimum Gasteiger partial charge on any atom is -0.210 e. The van der Waals surface area contributed by atoms with E-state index < -0.39 is 16.9 Å². The van der Waals surface area contributed by atoms with Crippen molar-refractivity contribution >= 4 is 16.4 Å². The minimum atomic E-state index is -2.33. The fraction of sp³-hybridized carbons (Fsp3) is 0.300. The molecule has 0 amide bonds. The Labute approximate surface area is 80.9 Å². The maximum absolute atomic E-state index is 12.1. The van der Waals surface area contributed by atoms with Crippen LogP contribution in [0.2, 0.25) is 0 Å². The van der Waals surface area contributed by atoms with E-state index in [2.05, 4.69) is 5.87 Å². The predicted octanol–water partition coefficient (Wildman–Crippen LogP) is 3.32. The van der Waals surface area contributed by atoms with Gasteiger partial charge in [-0.25, -0.2) is 8.78 Å². The maximum atomic E-state index is 12.1. The monoisotopic (exact) mass is 203 g/mol. The highest BCUT2D eigenvalue weighted by Gasteiger charge is 2.05. The van der Waals surface area contributed by atoms with Gasteiger partial charge in [-0.05, 0) is 19.1 Å². The quantitative estimate of drug-likeness (QED) is 0.661. The molecule has 13 heavy (non-hydrogen) atoms. The van der Waals surface area contributed by atoms with Crippen molar-refractivity contribution < 1.29 is 10.2 Å². The van der Waals surface area contributed by atoms with Gasteiger partial charge in [0.1, 0.15) is 0 Å². The first-order valence-electron chi connectivity index (χ1n) is 4.36. The average molecular weight is 203 g/mol. The minimum absolute atomic E-state index is 0.220. The Bertz CT molecular complexity index is 350. The lowest BCUT2D eigenvalue weighted by Gasteiger charge is -2.06. The number of rotatable bonds is 3. The Kier molecular flexibility index (Phi) is 3.08. The number of aryl methyl sites for hydroxylation is 1. The van der Waals surface area contributed by atoms with E-state index in [-0.39, 0.29) is 5.75 Å². The molecule has 0 heterocycles. The lowest BCUT2D eigenvalue weighted by atomic mass is 10.2. The van der Waals surface area contributed by atoms with Crippen LogP contribution in [-0.4, -0.2) is 18.0 Å². The van der Waals surface area contributed by atoms with Gasteiger partial charge in [-0.15, -0.1) is 0 Å². The van der Waals surface area contributed by atoms with Crippen LogP contribution in [0.3, 0.4) is 0 Å². The van der Waals surface area contributed by atoms with E-state index in [1.165, 1.54) is 0 Å². The van der Waals surface area contributed by atoms with Crippen LogP contribution < -0.4 is 0 Å². The van der Waals surface area contributed by atoms with E-state index in [4.69, 9.17) is 1.37 Å². The molecule has 0 radical (unpaired) electrons. The van der Waals surface area contributed by atoms with Crippen LogP contribution >= 0.6 is 10.5 Å². The first kappa shape index (κ1) is 8.88. The van der Waals surface area contributed by atoms with Crippen LogP contribution in [0.15, 0.2) is 29.1 Å². The smallest absolute Gasteiger partial charge is 0.210 e. The molecule has 72 valence electrons. The van der Waals surface area contributed by atoms with Gasteiger partial charge in [-0.2, -0.15) is 10.5 Å². The zero-order valence-electron chi connectivity index (χ0n) is 8.39. The number of halogens is 2. The summed E-state index contributed by atoms with van der Waals surface area (Å²) in [6.45, 7) is 1.82. The molecule has 0 N–H and O–H groups in total. The SMILES string of the molecule is [2H]c1cc(S(=C)CC(F)F)ccc1C. The molecule has 3 heteroatoms. The molecule has 0 aliphatic carbocycles. The van der Waals surface area contributed by atoms with Gasteiger partial charge in [0, 0.05) is 4.90 Å². The Morgan fingerprint density at radius 2 is 2.23 bits per heavy atom. The predicted molar refractivity (Wildman–Crippen MR) is 55.0 cm³/mol. The topological polar surface area (TPSA) is 0 Å². The summed E-state index contributed by atoms with van der Waals surface area (Å²) in [5.41, 5.74) is 0.850. The van der Waals surface area contributed by atoms with Gasteiger partial charge in [0.2, 0.25) is 6.43 Å². The second-order valence-corrected chi connectivity index (χ2v) is 4.55. The summed E-state index contributed by atoms with van der Waals surface area (Å²) < 4.78 is 31.7. The highest BCUT2D eigenvalue weighted by atomic mass is 32.2. The van der Waals surface area contributed by atoms with Crippen molar-refractivity contribution in [3.05, 3.63) is 29.8 Å². The fourth-order valence-electron chi connectivity index (χ4n) is 0.916. The summed E-state index contributed by atoms with van der Waals surface area (Å²) in [7, 11) is -0.702. The van der Waals surface area contributed by atoms with E-state index in [1.54, 1.807) is 18.2 Å². The first-order chi connectivity index (χ1) is 6.50. The second-order valence-electron chi connectivity index (χ2n) is 2.76. The summed E-state index contributed by atoms with van der Waals surface area (Å²) in [6, 6.07) is 5.55. The molecule has 0 aromatic heterocycles. The van der Waals surface area contributed by atoms with Crippen molar-refractivity contribution in [2.24, 2.45) is 0 Å². The van der Waals surface area contributed by atoms with Crippen LogP contribution in [0, 0.1) is 6.92 Å². The molecule has 0 fully saturated rings. The van der Waals surface area contributed by atoms with Crippen LogP contribution in [0.25, 0.3) is 0 Å². The van der Waals surface area contributed by atoms with Gasteiger partial charge in [0.25, 0.3) is 0 Å². The molecule has 1 unspecified atom stereocenters. The van der Waals surface area contributed by atoms with Crippen molar-refractivity contribution in [1.82, 2.24) is 0 Å². The summed E-state index contributed by atoms with van der Waals surface area (Å²) in [6.07, 6.45) is -2.33. The van der Waals surface area contributed by atoms with E-state index in [0.29, 0.717) is 6.04 Å². The summed E-state index contributed by atoms with van der Waals surface area (Å²) >= 11 is 0. The van der Waals surface area contributed by atoms with Crippen LogP contribution in [-0.2, 0) is 0 Å². The molecule has 1 aromatic rings. The van der Waals surface area contributed by atoms with E-state index in [9.17, 15) is 8.78 Å². The Balaban J connectivity index is 2.86. The Morgan fingerprint density at radius 1 is 1.54 bits per heavy atom. The van der Waals surface area contributed by atoms with Crippen molar-refractivity contribution in [3.63, 3.8) is 0 Å². The molecule has 0 aliphatic heterocycles. The van der Waals surface area contributed by atoms with Gasteiger partial charge >= 0.3 is 0 Å². The lowest BCUT2D eigenvalue weighted by Crippen LogP contribution is -1.95. The molecule has 0 spiro atoms.